The van der Waals surface area contributed by atoms with Gasteiger partial charge in [-0.25, -0.2) is 0 Å². The lowest BCUT2D eigenvalue weighted by Gasteiger charge is -2.18. The van der Waals surface area contributed by atoms with Crippen molar-refractivity contribution in [1.82, 2.24) is 4.90 Å². The summed E-state index contributed by atoms with van der Waals surface area (Å²) in [5, 5.41) is 0. The normalized spacial score (nSPS) is 12.4. The van der Waals surface area contributed by atoms with E-state index in [-0.39, 0.29) is 18.4 Å². The van der Waals surface area contributed by atoms with Crippen LogP contribution < -0.4 is 5.73 Å². The summed E-state index contributed by atoms with van der Waals surface area (Å²) >= 11 is 0. The van der Waals surface area contributed by atoms with E-state index >= 15 is 0 Å². The Hall–Kier alpha value is -0.570. The van der Waals surface area contributed by atoms with Crippen molar-refractivity contribution in [2.45, 2.75) is 13.0 Å². The largest absolute Gasteiger partial charge is 0.323 e. The molecule has 3 heteroatoms. The molecule has 0 aliphatic carbocycles. The van der Waals surface area contributed by atoms with Crippen molar-refractivity contribution >= 4 is 12.4 Å². The molecule has 0 saturated carbocycles. The van der Waals surface area contributed by atoms with E-state index in [1.54, 1.807) is 0 Å². The molecule has 0 spiro atoms. The van der Waals surface area contributed by atoms with Gasteiger partial charge < -0.3 is 10.6 Å². The second-order valence-electron chi connectivity index (χ2n) is 3.73. The molecule has 1 rings (SSSR count). The average molecular weight is 215 g/mol. The van der Waals surface area contributed by atoms with Gasteiger partial charge in [0.1, 0.15) is 0 Å². The first kappa shape index (κ1) is 13.4. The number of hydrogen-bond donors (Lipinski definition) is 1. The van der Waals surface area contributed by atoms with E-state index in [0.717, 1.165) is 6.54 Å². The number of rotatable bonds is 3. The third-order valence-corrected chi connectivity index (χ3v) is 2.15. The van der Waals surface area contributed by atoms with Gasteiger partial charge in [0, 0.05) is 12.6 Å². The second-order valence-corrected chi connectivity index (χ2v) is 3.73. The first-order chi connectivity index (χ1) is 6.11. The minimum Gasteiger partial charge on any atom is -0.323 e. The van der Waals surface area contributed by atoms with Gasteiger partial charge in [0.25, 0.3) is 0 Å². The lowest BCUT2D eigenvalue weighted by Crippen LogP contribution is -2.26. The number of halogens is 1. The van der Waals surface area contributed by atoms with E-state index in [0.29, 0.717) is 0 Å². The zero-order chi connectivity index (χ0) is 9.84. The highest BCUT2D eigenvalue weighted by Crippen LogP contribution is 2.15. The number of nitrogens with two attached hydrogens (primary N) is 1. The molecule has 1 atom stereocenters. The molecule has 80 valence electrons. The van der Waals surface area contributed by atoms with Gasteiger partial charge in [0.2, 0.25) is 0 Å². The van der Waals surface area contributed by atoms with Crippen LogP contribution >= 0.6 is 12.4 Å². The summed E-state index contributed by atoms with van der Waals surface area (Å²) in [7, 11) is 4.08. The number of hydrogen-bond acceptors (Lipinski definition) is 2. The summed E-state index contributed by atoms with van der Waals surface area (Å²) in [5.74, 6) is 0. The topological polar surface area (TPSA) is 29.3 Å². The fourth-order valence-corrected chi connectivity index (χ4v) is 1.49. The Balaban J connectivity index is 0.00000169. The predicted molar refractivity (Wildman–Crippen MR) is 63.9 cm³/mol. The molecular weight excluding hydrogens is 196 g/mol. The summed E-state index contributed by atoms with van der Waals surface area (Å²) in [5.41, 5.74) is 8.58. The van der Waals surface area contributed by atoms with Gasteiger partial charge in [0.15, 0.2) is 0 Å². The molecule has 0 aliphatic heterocycles. The van der Waals surface area contributed by atoms with Gasteiger partial charge in [-0.15, -0.1) is 12.4 Å². The molecule has 1 aromatic carbocycles. The Morgan fingerprint density at radius 3 is 2.36 bits per heavy atom. The maximum atomic E-state index is 6.06. The Kier molecular flexibility index (Phi) is 5.77. The van der Waals surface area contributed by atoms with Crippen molar-refractivity contribution in [2.75, 3.05) is 20.6 Å². The SMILES string of the molecule is Cc1ccccc1C(N)CN(C)C.Cl. The summed E-state index contributed by atoms with van der Waals surface area (Å²) in [6, 6.07) is 8.41. The molecule has 0 fully saturated rings. The molecule has 0 heterocycles. The molecule has 14 heavy (non-hydrogen) atoms. The molecule has 0 amide bonds. The first-order valence-electron chi connectivity index (χ1n) is 4.57. The van der Waals surface area contributed by atoms with Crippen LogP contribution in [0.25, 0.3) is 0 Å². The molecule has 2 N–H and O–H groups in total. The zero-order valence-electron chi connectivity index (χ0n) is 9.03. The molecule has 1 aromatic rings. The Labute approximate surface area is 92.5 Å². The fourth-order valence-electron chi connectivity index (χ4n) is 1.49. The number of benzene rings is 1. The molecule has 0 aliphatic rings. The van der Waals surface area contributed by atoms with E-state index in [4.69, 9.17) is 5.73 Å². The Morgan fingerprint density at radius 2 is 1.86 bits per heavy atom. The van der Waals surface area contributed by atoms with Gasteiger partial charge in [-0.1, -0.05) is 24.3 Å². The first-order valence-corrected chi connectivity index (χ1v) is 4.57. The minimum atomic E-state index is 0. The Morgan fingerprint density at radius 1 is 1.29 bits per heavy atom. The molecule has 2 nitrogen and oxygen atoms in total. The van der Waals surface area contributed by atoms with Crippen LogP contribution in [0.3, 0.4) is 0 Å². The number of likely N-dealkylation sites (N-methyl/N-ethyl adjacent to an activating group) is 1. The molecular formula is C11H19ClN2. The number of aryl methyl sites for hydroxylation is 1. The van der Waals surface area contributed by atoms with Crippen LogP contribution in [0.4, 0.5) is 0 Å². The molecule has 1 unspecified atom stereocenters. The van der Waals surface area contributed by atoms with Crippen LogP contribution in [0.2, 0.25) is 0 Å². The van der Waals surface area contributed by atoms with Gasteiger partial charge in [-0.05, 0) is 32.1 Å². The van der Waals surface area contributed by atoms with Crippen LogP contribution in [-0.2, 0) is 0 Å². The summed E-state index contributed by atoms with van der Waals surface area (Å²) < 4.78 is 0. The highest BCUT2D eigenvalue weighted by atomic mass is 35.5. The van der Waals surface area contributed by atoms with Crippen molar-refractivity contribution < 1.29 is 0 Å². The predicted octanol–water partition coefficient (Wildman–Crippen LogP) is 1.98. The maximum absolute atomic E-state index is 6.06. The molecule has 0 bridgehead atoms. The van der Waals surface area contributed by atoms with Gasteiger partial charge >= 0.3 is 0 Å². The third kappa shape index (κ3) is 3.66. The molecule has 0 saturated heterocycles. The van der Waals surface area contributed by atoms with Gasteiger partial charge in [0.05, 0.1) is 0 Å². The van der Waals surface area contributed by atoms with E-state index in [1.165, 1.54) is 11.1 Å². The summed E-state index contributed by atoms with van der Waals surface area (Å²) in [4.78, 5) is 2.11. The maximum Gasteiger partial charge on any atom is 0.0426 e. The zero-order valence-corrected chi connectivity index (χ0v) is 9.84. The van der Waals surface area contributed by atoms with Crippen molar-refractivity contribution in [2.24, 2.45) is 5.73 Å². The lowest BCUT2D eigenvalue weighted by atomic mass is 10.0. The average Bonchev–Trinajstić information content (AvgIpc) is 2.03. The van der Waals surface area contributed by atoms with Crippen molar-refractivity contribution in [3.05, 3.63) is 35.4 Å². The second kappa shape index (κ2) is 6.02. The standard InChI is InChI=1S/C11H18N2.ClH/c1-9-6-4-5-7-10(9)11(12)8-13(2)3;/h4-7,11H,8,12H2,1-3H3;1H. The van der Waals surface area contributed by atoms with E-state index < -0.39 is 0 Å². The fraction of sp³-hybridized carbons (Fsp3) is 0.455. The van der Waals surface area contributed by atoms with Crippen molar-refractivity contribution in [3.8, 4) is 0 Å². The van der Waals surface area contributed by atoms with Crippen molar-refractivity contribution in [3.63, 3.8) is 0 Å². The van der Waals surface area contributed by atoms with Crippen LogP contribution in [0.1, 0.15) is 17.2 Å². The van der Waals surface area contributed by atoms with Crippen molar-refractivity contribution in [1.29, 1.82) is 0 Å². The minimum absolute atomic E-state index is 0. The third-order valence-electron chi connectivity index (χ3n) is 2.15. The van der Waals surface area contributed by atoms with E-state index in [9.17, 15) is 0 Å². The quantitative estimate of drug-likeness (QED) is 0.834. The molecule has 0 aromatic heterocycles. The summed E-state index contributed by atoms with van der Waals surface area (Å²) in [6.07, 6.45) is 0. The monoisotopic (exact) mass is 214 g/mol. The van der Waals surface area contributed by atoms with Crippen LogP contribution in [0.15, 0.2) is 24.3 Å². The van der Waals surface area contributed by atoms with E-state index in [2.05, 4.69) is 24.0 Å². The smallest absolute Gasteiger partial charge is 0.0426 e. The van der Waals surface area contributed by atoms with Crippen LogP contribution in [0, 0.1) is 6.92 Å². The van der Waals surface area contributed by atoms with Crippen LogP contribution in [0.5, 0.6) is 0 Å². The summed E-state index contributed by atoms with van der Waals surface area (Å²) in [6.45, 7) is 3.00. The number of nitrogens with zero attached hydrogens (tertiary/aromatic N) is 1. The Bertz CT molecular complexity index is 274. The highest BCUT2D eigenvalue weighted by Gasteiger charge is 2.08. The highest BCUT2D eigenvalue weighted by molar-refractivity contribution is 5.85. The van der Waals surface area contributed by atoms with Crippen LogP contribution in [-0.4, -0.2) is 25.5 Å². The van der Waals surface area contributed by atoms with Gasteiger partial charge in [-0.2, -0.15) is 0 Å². The van der Waals surface area contributed by atoms with Gasteiger partial charge in [-0.3, -0.25) is 0 Å². The lowest BCUT2D eigenvalue weighted by molar-refractivity contribution is 0.376. The van der Waals surface area contributed by atoms with E-state index in [1.807, 2.05) is 26.2 Å². The molecule has 0 radical (unpaired) electrons.